The number of nitrogens with zero attached hydrogens (tertiary/aromatic N) is 3. The summed E-state index contributed by atoms with van der Waals surface area (Å²) in [4.78, 5) is 13.9. The molecule has 24 heavy (non-hydrogen) atoms. The highest BCUT2D eigenvalue weighted by molar-refractivity contribution is 5.92. The SMILES string of the molecule is COc1ccc(C(=O)N2C[C@@H](O)C[C@@H]2c2cc(F)ccc2F)nn1. The number of amides is 1. The van der Waals surface area contributed by atoms with Crippen LogP contribution in [0, 0.1) is 11.6 Å². The fourth-order valence-electron chi connectivity index (χ4n) is 2.79. The summed E-state index contributed by atoms with van der Waals surface area (Å²) in [5.74, 6) is -1.50. The van der Waals surface area contributed by atoms with Crippen LogP contribution in [0.25, 0.3) is 0 Å². The van der Waals surface area contributed by atoms with Gasteiger partial charge in [0.15, 0.2) is 5.69 Å². The van der Waals surface area contributed by atoms with Gasteiger partial charge in [0.1, 0.15) is 11.6 Å². The van der Waals surface area contributed by atoms with Gasteiger partial charge in [-0.3, -0.25) is 4.79 Å². The summed E-state index contributed by atoms with van der Waals surface area (Å²) < 4.78 is 32.4. The number of aliphatic hydroxyl groups is 1. The van der Waals surface area contributed by atoms with Gasteiger partial charge in [-0.15, -0.1) is 10.2 Å². The number of halogens is 2. The third kappa shape index (κ3) is 3.05. The molecule has 126 valence electrons. The zero-order valence-electron chi connectivity index (χ0n) is 12.8. The van der Waals surface area contributed by atoms with Crippen molar-refractivity contribution in [3.05, 3.63) is 53.2 Å². The maximum absolute atomic E-state index is 14.1. The molecule has 1 aliphatic rings. The predicted octanol–water partition coefficient (Wildman–Crippen LogP) is 1.71. The number of carbonyl (C=O) groups excluding carboxylic acids is 1. The van der Waals surface area contributed by atoms with Gasteiger partial charge in [-0.1, -0.05) is 0 Å². The molecule has 0 unspecified atom stereocenters. The molecule has 2 aromatic rings. The molecule has 8 heteroatoms. The number of hydrogen-bond acceptors (Lipinski definition) is 5. The van der Waals surface area contributed by atoms with Crippen LogP contribution in [0.2, 0.25) is 0 Å². The molecule has 1 fully saturated rings. The Bertz CT molecular complexity index is 755. The van der Waals surface area contributed by atoms with Crippen molar-refractivity contribution in [2.45, 2.75) is 18.6 Å². The summed E-state index contributed by atoms with van der Waals surface area (Å²) >= 11 is 0. The molecule has 1 aliphatic heterocycles. The lowest BCUT2D eigenvalue weighted by Crippen LogP contribution is -2.33. The fraction of sp³-hybridized carbons (Fsp3) is 0.312. The number of ether oxygens (including phenoxy) is 1. The van der Waals surface area contributed by atoms with Gasteiger partial charge in [-0.05, 0) is 30.7 Å². The van der Waals surface area contributed by atoms with Crippen LogP contribution in [0.1, 0.15) is 28.5 Å². The standard InChI is InChI=1S/C16H15F2N3O3/c1-24-15-5-4-13(19-20-15)16(23)21-8-10(22)7-14(21)11-6-9(17)2-3-12(11)18/h2-6,10,14,22H,7-8H2,1H3/t10-,14+/m0/s1. The number of benzene rings is 1. The summed E-state index contributed by atoms with van der Waals surface area (Å²) in [5, 5.41) is 17.4. The molecule has 2 atom stereocenters. The highest BCUT2D eigenvalue weighted by atomic mass is 19.1. The highest BCUT2D eigenvalue weighted by Crippen LogP contribution is 2.34. The molecular weight excluding hydrogens is 320 g/mol. The van der Waals surface area contributed by atoms with Gasteiger partial charge in [0, 0.05) is 18.2 Å². The van der Waals surface area contributed by atoms with Crippen molar-refractivity contribution in [1.82, 2.24) is 15.1 Å². The minimum atomic E-state index is -0.826. The van der Waals surface area contributed by atoms with Crippen LogP contribution in [0.15, 0.2) is 30.3 Å². The molecule has 0 aliphatic carbocycles. The first kappa shape index (κ1) is 16.3. The zero-order chi connectivity index (χ0) is 17.3. The van der Waals surface area contributed by atoms with Crippen LogP contribution in [0.5, 0.6) is 5.88 Å². The Kier molecular flexibility index (Phi) is 4.39. The zero-order valence-corrected chi connectivity index (χ0v) is 12.8. The van der Waals surface area contributed by atoms with Crippen molar-refractivity contribution in [3.63, 3.8) is 0 Å². The van der Waals surface area contributed by atoms with Crippen molar-refractivity contribution < 1.29 is 23.4 Å². The molecule has 3 rings (SSSR count). The average Bonchev–Trinajstić information content (AvgIpc) is 2.98. The highest BCUT2D eigenvalue weighted by Gasteiger charge is 2.37. The molecule has 2 heterocycles. The number of aliphatic hydroxyl groups excluding tert-OH is 1. The molecule has 1 amide bonds. The Morgan fingerprint density at radius 1 is 1.29 bits per heavy atom. The molecular formula is C16H15F2N3O3. The Hall–Kier alpha value is -2.61. The maximum atomic E-state index is 14.1. The first-order chi connectivity index (χ1) is 11.5. The van der Waals surface area contributed by atoms with Crippen LogP contribution in [-0.4, -0.2) is 45.9 Å². The van der Waals surface area contributed by atoms with Gasteiger partial charge >= 0.3 is 0 Å². The number of rotatable bonds is 3. The van der Waals surface area contributed by atoms with E-state index in [9.17, 15) is 18.7 Å². The quantitative estimate of drug-likeness (QED) is 0.924. The second-order valence-electron chi connectivity index (χ2n) is 5.49. The van der Waals surface area contributed by atoms with Crippen LogP contribution >= 0.6 is 0 Å². The van der Waals surface area contributed by atoms with Crippen molar-refractivity contribution in [2.24, 2.45) is 0 Å². The smallest absolute Gasteiger partial charge is 0.274 e. The third-order valence-electron chi connectivity index (χ3n) is 3.93. The number of methoxy groups -OCH3 is 1. The Morgan fingerprint density at radius 2 is 2.08 bits per heavy atom. The topological polar surface area (TPSA) is 75.5 Å². The third-order valence-corrected chi connectivity index (χ3v) is 3.93. The van der Waals surface area contributed by atoms with E-state index in [4.69, 9.17) is 4.74 Å². The molecule has 1 aromatic heterocycles. The van der Waals surface area contributed by atoms with Gasteiger partial charge < -0.3 is 14.7 Å². The lowest BCUT2D eigenvalue weighted by Gasteiger charge is -2.24. The minimum Gasteiger partial charge on any atom is -0.480 e. The first-order valence-electron chi connectivity index (χ1n) is 7.31. The number of hydrogen-bond donors (Lipinski definition) is 1. The van der Waals surface area contributed by atoms with Gasteiger partial charge in [0.05, 0.1) is 19.3 Å². The summed E-state index contributed by atoms with van der Waals surface area (Å²) in [5.41, 5.74) is 0.0630. The van der Waals surface area contributed by atoms with Gasteiger partial charge in [-0.2, -0.15) is 0 Å². The van der Waals surface area contributed by atoms with Crippen LogP contribution in [-0.2, 0) is 0 Å². The van der Waals surface area contributed by atoms with Crippen molar-refractivity contribution in [2.75, 3.05) is 13.7 Å². The molecule has 6 nitrogen and oxygen atoms in total. The summed E-state index contributed by atoms with van der Waals surface area (Å²) in [6, 6.07) is 5.18. The monoisotopic (exact) mass is 335 g/mol. The molecule has 1 aromatic carbocycles. The van der Waals surface area contributed by atoms with E-state index in [0.717, 1.165) is 18.2 Å². The van der Waals surface area contributed by atoms with Crippen LogP contribution in [0.4, 0.5) is 8.78 Å². The maximum Gasteiger partial charge on any atom is 0.274 e. The first-order valence-corrected chi connectivity index (χ1v) is 7.31. The predicted molar refractivity (Wildman–Crippen MR) is 79.3 cm³/mol. The van der Waals surface area contributed by atoms with Crippen LogP contribution < -0.4 is 4.74 Å². The molecule has 1 N–H and O–H groups in total. The van der Waals surface area contributed by atoms with Crippen LogP contribution in [0.3, 0.4) is 0 Å². The number of carbonyl (C=O) groups is 1. The number of likely N-dealkylation sites (tertiary alicyclic amines) is 1. The lowest BCUT2D eigenvalue weighted by atomic mass is 10.0. The lowest BCUT2D eigenvalue weighted by molar-refractivity contribution is 0.0706. The van der Waals surface area contributed by atoms with E-state index in [2.05, 4.69) is 10.2 Å². The minimum absolute atomic E-state index is 0.00711. The van der Waals surface area contributed by atoms with Crippen molar-refractivity contribution in [1.29, 1.82) is 0 Å². The fourth-order valence-corrected chi connectivity index (χ4v) is 2.79. The summed E-state index contributed by atoms with van der Waals surface area (Å²) in [6.45, 7) is 0.00711. The van der Waals surface area contributed by atoms with E-state index in [1.54, 1.807) is 0 Å². The normalized spacial score (nSPS) is 20.2. The van der Waals surface area contributed by atoms with E-state index < -0.39 is 29.7 Å². The molecule has 0 spiro atoms. The molecule has 0 saturated carbocycles. The second kappa shape index (κ2) is 6.48. The van der Waals surface area contributed by atoms with Gasteiger partial charge in [0.2, 0.25) is 5.88 Å². The van der Waals surface area contributed by atoms with E-state index in [1.165, 1.54) is 24.1 Å². The van der Waals surface area contributed by atoms with Crippen molar-refractivity contribution >= 4 is 5.91 Å². The van der Waals surface area contributed by atoms with E-state index in [0.29, 0.717) is 0 Å². The average molecular weight is 335 g/mol. The van der Waals surface area contributed by atoms with Gasteiger partial charge in [-0.25, -0.2) is 8.78 Å². The van der Waals surface area contributed by atoms with Crippen molar-refractivity contribution in [3.8, 4) is 5.88 Å². The largest absolute Gasteiger partial charge is 0.480 e. The second-order valence-corrected chi connectivity index (χ2v) is 5.49. The summed E-state index contributed by atoms with van der Waals surface area (Å²) in [7, 11) is 1.42. The number of aromatic nitrogens is 2. The Morgan fingerprint density at radius 3 is 2.75 bits per heavy atom. The molecule has 1 saturated heterocycles. The van der Waals surface area contributed by atoms with Gasteiger partial charge in [0.25, 0.3) is 5.91 Å². The number of β-amino-alcohol motifs (C(OH)–C–C–N with tert-alkyl or cyclic N) is 1. The van der Waals surface area contributed by atoms with E-state index >= 15 is 0 Å². The molecule has 0 bridgehead atoms. The Balaban J connectivity index is 1.92. The Labute approximate surface area is 136 Å². The van der Waals surface area contributed by atoms with E-state index in [-0.39, 0.29) is 30.1 Å². The van der Waals surface area contributed by atoms with E-state index in [1.807, 2.05) is 0 Å². The summed E-state index contributed by atoms with van der Waals surface area (Å²) in [6.07, 6.45) is -0.705. The molecule has 0 radical (unpaired) electrons.